The summed E-state index contributed by atoms with van der Waals surface area (Å²) in [5, 5.41) is 0. The first-order valence-corrected chi connectivity index (χ1v) is 9.91. The number of benzene rings is 1. The highest BCUT2D eigenvalue weighted by Gasteiger charge is 2.53. The second-order valence-electron chi connectivity index (χ2n) is 8.15. The summed E-state index contributed by atoms with van der Waals surface area (Å²) in [7, 11) is 3.24. The van der Waals surface area contributed by atoms with Crippen molar-refractivity contribution in [1.29, 1.82) is 0 Å². The minimum absolute atomic E-state index is 0.0489. The summed E-state index contributed by atoms with van der Waals surface area (Å²) in [5.74, 6) is 1.73. The van der Waals surface area contributed by atoms with Crippen LogP contribution in [-0.4, -0.2) is 48.6 Å². The average Bonchev–Trinajstić information content (AvgIpc) is 3.19. The Hall–Kier alpha value is -1.75. The normalized spacial score (nSPS) is 26.3. The summed E-state index contributed by atoms with van der Waals surface area (Å²) >= 11 is 0. The van der Waals surface area contributed by atoms with E-state index in [1.807, 2.05) is 6.07 Å². The van der Waals surface area contributed by atoms with Crippen molar-refractivity contribution in [1.82, 2.24) is 9.80 Å². The molecule has 2 atom stereocenters. The van der Waals surface area contributed by atoms with Gasteiger partial charge in [0.25, 0.3) is 5.91 Å². The molecule has 0 radical (unpaired) electrons. The molecule has 1 saturated carbocycles. The third-order valence-electron chi connectivity index (χ3n) is 6.45. The van der Waals surface area contributed by atoms with Crippen LogP contribution in [-0.2, 0) is 0 Å². The number of carbonyl (C=O) groups excluding carboxylic acids is 1. The van der Waals surface area contributed by atoms with Gasteiger partial charge >= 0.3 is 0 Å². The molecule has 1 aliphatic carbocycles. The van der Waals surface area contributed by atoms with Gasteiger partial charge in [0.2, 0.25) is 0 Å². The number of nitrogens with zero attached hydrogens (tertiary/aromatic N) is 2. The SMILES string of the molecule is COc1ccc2c(c1OC)C(=O)N1[C@@H](C(C)C)CN(C3CCCCC3)[C@H]21. The number of methoxy groups -OCH3 is 2. The molecule has 0 bridgehead atoms. The fourth-order valence-corrected chi connectivity index (χ4v) is 5.14. The van der Waals surface area contributed by atoms with E-state index in [1.165, 1.54) is 32.1 Å². The first-order chi connectivity index (χ1) is 12.6. The summed E-state index contributed by atoms with van der Waals surface area (Å²) in [6.45, 7) is 5.42. The second kappa shape index (κ2) is 6.76. The van der Waals surface area contributed by atoms with Crippen LogP contribution in [0.2, 0.25) is 0 Å². The van der Waals surface area contributed by atoms with Crippen LogP contribution in [0.3, 0.4) is 0 Å². The Kier molecular flexibility index (Phi) is 4.59. The molecule has 0 N–H and O–H groups in total. The minimum atomic E-state index is 0.0489. The molecule has 2 fully saturated rings. The van der Waals surface area contributed by atoms with Crippen LogP contribution in [0.4, 0.5) is 0 Å². The number of carbonyl (C=O) groups is 1. The lowest BCUT2D eigenvalue weighted by Crippen LogP contribution is -2.37. The molecule has 0 unspecified atom stereocenters. The predicted molar refractivity (Wildman–Crippen MR) is 101 cm³/mol. The van der Waals surface area contributed by atoms with Crippen molar-refractivity contribution in [3.05, 3.63) is 23.3 Å². The third kappa shape index (κ3) is 2.51. The van der Waals surface area contributed by atoms with Crippen LogP contribution in [0.5, 0.6) is 11.5 Å². The molecule has 1 aromatic rings. The zero-order chi connectivity index (χ0) is 18.4. The van der Waals surface area contributed by atoms with Crippen molar-refractivity contribution in [3.8, 4) is 11.5 Å². The highest BCUT2D eigenvalue weighted by Crippen LogP contribution is 2.50. The molecule has 2 heterocycles. The van der Waals surface area contributed by atoms with Gasteiger partial charge < -0.3 is 14.4 Å². The van der Waals surface area contributed by atoms with E-state index in [0.717, 1.165) is 12.1 Å². The van der Waals surface area contributed by atoms with Crippen LogP contribution >= 0.6 is 0 Å². The van der Waals surface area contributed by atoms with E-state index in [4.69, 9.17) is 9.47 Å². The summed E-state index contributed by atoms with van der Waals surface area (Å²) in [5.41, 5.74) is 1.78. The van der Waals surface area contributed by atoms with Gasteiger partial charge in [0, 0.05) is 24.2 Å². The quantitative estimate of drug-likeness (QED) is 0.820. The van der Waals surface area contributed by atoms with E-state index in [0.29, 0.717) is 29.0 Å². The van der Waals surface area contributed by atoms with Crippen molar-refractivity contribution in [2.75, 3.05) is 20.8 Å². The topological polar surface area (TPSA) is 42.0 Å². The molecule has 3 aliphatic rings. The van der Waals surface area contributed by atoms with Gasteiger partial charge in [-0.05, 0) is 24.8 Å². The molecule has 142 valence electrons. The molecule has 0 aromatic heterocycles. The lowest BCUT2D eigenvalue weighted by molar-refractivity contribution is 0.0530. The Morgan fingerprint density at radius 3 is 2.42 bits per heavy atom. The van der Waals surface area contributed by atoms with Gasteiger partial charge in [-0.2, -0.15) is 0 Å². The van der Waals surface area contributed by atoms with E-state index in [2.05, 4.69) is 29.7 Å². The maximum absolute atomic E-state index is 13.4. The van der Waals surface area contributed by atoms with E-state index in [9.17, 15) is 4.79 Å². The summed E-state index contributed by atoms with van der Waals surface area (Å²) in [4.78, 5) is 18.1. The van der Waals surface area contributed by atoms with E-state index < -0.39 is 0 Å². The van der Waals surface area contributed by atoms with Crippen molar-refractivity contribution in [2.45, 2.75) is 64.2 Å². The third-order valence-corrected chi connectivity index (χ3v) is 6.45. The first kappa shape index (κ1) is 17.7. The monoisotopic (exact) mass is 358 g/mol. The molecule has 4 rings (SSSR count). The maximum atomic E-state index is 13.4. The standard InChI is InChI=1S/C21H30N2O3/c1-13(2)16-12-22(14-8-6-5-7-9-14)20-15-10-11-17(25-3)19(26-4)18(15)21(24)23(16)20/h10-11,13-14,16,20H,5-9,12H2,1-4H3/t16-,20+/m1/s1. The Bertz CT molecular complexity index is 697. The lowest BCUT2D eigenvalue weighted by Gasteiger charge is -2.35. The van der Waals surface area contributed by atoms with Crippen LogP contribution in [0.1, 0.15) is 68.0 Å². The fourth-order valence-electron chi connectivity index (χ4n) is 5.14. The molecular formula is C21H30N2O3. The second-order valence-corrected chi connectivity index (χ2v) is 8.15. The highest BCUT2D eigenvalue weighted by molar-refractivity contribution is 6.03. The molecule has 2 aliphatic heterocycles. The fraction of sp³-hybridized carbons (Fsp3) is 0.667. The molecule has 0 spiro atoms. The number of rotatable bonds is 4. The zero-order valence-corrected chi connectivity index (χ0v) is 16.3. The molecular weight excluding hydrogens is 328 g/mol. The number of ether oxygens (including phenoxy) is 2. The molecule has 1 aromatic carbocycles. The first-order valence-electron chi connectivity index (χ1n) is 9.91. The van der Waals surface area contributed by atoms with Gasteiger partial charge in [-0.3, -0.25) is 9.69 Å². The van der Waals surface area contributed by atoms with Crippen molar-refractivity contribution >= 4 is 5.91 Å². The number of amides is 1. The van der Waals surface area contributed by atoms with Crippen molar-refractivity contribution in [3.63, 3.8) is 0 Å². The predicted octanol–water partition coefficient (Wildman–Crippen LogP) is 3.83. The molecule has 5 heteroatoms. The van der Waals surface area contributed by atoms with Crippen LogP contribution in [0.25, 0.3) is 0 Å². The largest absolute Gasteiger partial charge is 0.493 e. The van der Waals surface area contributed by atoms with Gasteiger partial charge in [0.05, 0.1) is 19.8 Å². The Labute approximate surface area is 156 Å². The summed E-state index contributed by atoms with van der Waals surface area (Å²) in [6, 6.07) is 4.83. The van der Waals surface area contributed by atoms with E-state index in [1.54, 1.807) is 14.2 Å². The Morgan fingerprint density at radius 1 is 1.08 bits per heavy atom. The van der Waals surface area contributed by atoms with Crippen LogP contribution in [0.15, 0.2) is 12.1 Å². The zero-order valence-electron chi connectivity index (χ0n) is 16.3. The van der Waals surface area contributed by atoms with Gasteiger partial charge in [-0.25, -0.2) is 0 Å². The molecule has 1 saturated heterocycles. The molecule has 1 amide bonds. The average molecular weight is 358 g/mol. The summed E-state index contributed by atoms with van der Waals surface area (Å²) < 4.78 is 11.0. The number of fused-ring (bicyclic) bond motifs is 3. The van der Waals surface area contributed by atoms with Gasteiger partial charge in [-0.15, -0.1) is 0 Å². The number of hydrogen-bond donors (Lipinski definition) is 0. The van der Waals surface area contributed by atoms with Gasteiger partial charge in [0.15, 0.2) is 11.5 Å². The van der Waals surface area contributed by atoms with E-state index >= 15 is 0 Å². The molecule has 26 heavy (non-hydrogen) atoms. The highest BCUT2D eigenvalue weighted by atomic mass is 16.5. The van der Waals surface area contributed by atoms with Crippen molar-refractivity contribution in [2.24, 2.45) is 5.92 Å². The Balaban J connectivity index is 1.80. The summed E-state index contributed by atoms with van der Waals surface area (Å²) in [6.07, 6.45) is 6.47. The van der Waals surface area contributed by atoms with E-state index in [-0.39, 0.29) is 18.1 Å². The lowest BCUT2D eigenvalue weighted by atomic mass is 9.93. The van der Waals surface area contributed by atoms with Gasteiger partial charge in [0.1, 0.15) is 6.17 Å². The smallest absolute Gasteiger partial charge is 0.260 e. The van der Waals surface area contributed by atoms with Crippen LogP contribution < -0.4 is 9.47 Å². The Morgan fingerprint density at radius 2 is 1.81 bits per heavy atom. The van der Waals surface area contributed by atoms with Crippen molar-refractivity contribution < 1.29 is 14.3 Å². The maximum Gasteiger partial charge on any atom is 0.260 e. The minimum Gasteiger partial charge on any atom is -0.493 e. The van der Waals surface area contributed by atoms with Crippen LogP contribution in [0, 0.1) is 5.92 Å². The molecule has 5 nitrogen and oxygen atoms in total. The van der Waals surface area contributed by atoms with Gasteiger partial charge in [-0.1, -0.05) is 39.2 Å². The number of hydrogen-bond acceptors (Lipinski definition) is 4.